The summed E-state index contributed by atoms with van der Waals surface area (Å²) >= 11 is 0. The van der Waals surface area contributed by atoms with E-state index >= 15 is 0 Å². The first-order valence-electron chi connectivity index (χ1n) is 5.21. The average Bonchev–Trinajstić information content (AvgIpc) is 2.34. The van der Waals surface area contributed by atoms with E-state index in [2.05, 4.69) is 0 Å². The van der Waals surface area contributed by atoms with Gasteiger partial charge in [0, 0.05) is 25.7 Å². The molecule has 0 aliphatic heterocycles. The summed E-state index contributed by atoms with van der Waals surface area (Å²) < 4.78 is 15.5. The van der Waals surface area contributed by atoms with Crippen LogP contribution in [0.5, 0.6) is 11.5 Å². The van der Waals surface area contributed by atoms with E-state index in [0.29, 0.717) is 24.7 Å². The molecule has 1 aromatic carbocycles. The Morgan fingerprint density at radius 1 is 1.19 bits per heavy atom. The van der Waals surface area contributed by atoms with Crippen molar-refractivity contribution in [3.63, 3.8) is 0 Å². The van der Waals surface area contributed by atoms with Crippen molar-refractivity contribution in [3.8, 4) is 11.5 Å². The Labute approximate surface area is 95.8 Å². The Morgan fingerprint density at radius 3 is 2.62 bits per heavy atom. The van der Waals surface area contributed by atoms with Crippen LogP contribution < -0.4 is 9.47 Å². The van der Waals surface area contributed by atoms with Crippen LogP contribution >= 0.6 is 0 Å². The Hall–Kier alpha value is -1.26. The molecule has 90 valence electrons. The molecular formula is C12H18O4. The van der Waals surface area contributed by atoms with Crippen molar-refractivity contribution in [2.45, 2.75) is 13.0 Å². The highest BCUT2D eigenvalue weighted by Gasteiger charge is 2.04. The molecule has 1 rings (SSSR count). The van der Waals surface area contributed by atoms with Crippen molar-refractivity contribution in [1.29, 1.82) is 0 Å². The molecule has 0 radical (unpaired) electrons. The number of aliphatic hydroxyl groups is 1. The van der Waals surface area contributed by atoms with Gasteiger partial charge in [-0.3, -0.25) is 0 Å². The number of hydrogen-bond donors (Lipinski definition) is 1. The summed E-state index contributed by atoms with van der Waals surface area (Å²) in [6.07, 6.45) is 0.827. The number of ether oxygens (including phenoxy) is 3. The normalized spacial score (nSPS) is 10.2. The molecule has 0 aliphatic rings. The number of hydrogen-bond acceptors (Lipinski definition) is 4. The molecule has 0 heterocycles. The molecule has 16 heavy (non-hydrogen) atoms. The molecule has 0 saturated carbocycles. The second-order valence-electron chi connectivity index (χ2n) is 3.33. The second-order valence-corrected chi connectivity index (χ2v) is 3.33. The molecule has 0 aromatic heterocycles. The van der Waals surface area contributed by atoms with E-state index in [1.807, 2.05) is 6.07 Å². The van der Waals surface area contributed by atoms with Gasteiger partial charge < -0.3 is 19.3 Å². The summed E-state index contributed by atoms with van der Waals surface area (Å²) in [5.74, 6) is 1.41. The van der Waals surface area contributed by atoms with Crippen LogP contribution in [0.1, 0.15) is 12.0 Å². The van der Waals surface area contributed by atoms with Crippen LogP contribution in [0.25, 0.3) is 0 Å². The van der Waals surface area contributed by atoms with Crippen LogP contribution in [0.15, 0.2) is 18.2 Å². The Balaban J connectivity index is 2.57. The molecule has 0 amide bonds. The summed E-state index contributed by atoms with van der Waals surface area (Å²) in [4.78, 5) is 0. The Kier molecular flexibility index (Phi) is 5.67. The number of benzene rings is 1. The van der Waals surface area contributed by atoms with E-state index in [0.717, 1.165) is 12.0 Å². The van der Waals surface area contributed by atoms with Crippen LogP contribution in [0, 0.1) is 0 Å². The van der Waals surface area contributed by atoms with E-state index in [-0.39, 0.29) is 6.61 Å². The van der Waals surface area contributed by atoms with Gasteiger partial charge in [-0.15, -0.1) is 0 Å². The second kappa shape index (κ2) is 7.09. The molecule has 0 saturated heterocycles. The lowest BCUT2D eigenvalue weighted by atomic mass is 10.2. The van der Waals surface area contributed by atoms with Gasteiger partial charge in [-0.1, -0.05) is 0 Å². The summed E-state index contributed by atoms with van der Waals surface area (Å²) in [5.41, 5.74) is 0.733. The quantitative estimate of drug-likeness (QED) is 0.717. The van der Waals surface area contributed by atoms with Gasteiger partial charge in [0.1, 0.15) is 11.5 Å². The smallest absolute Gasteiger partial charge is 0.125 e. The maximum Gasteiger partial charge on any atom is 0.125 e. The van der Waals surface area contributed by atoms with Crippen molar-refractivity contribution in [2.75, 3.05) is 27.4 Å². The molecule has 4 nitrogen and oxygen atoms in total. The zero-order valence-corrected chi connectivity index (χ0v) is 9.73. The summed E-state index contributed by atoms with van der Waals surface area (Å²) in [5, 5.41) is 9.18. The third-order valence-electron chi connectivity index (χ3n) is 2.19. The third kappa shape index (κ3) is 3.72. The minimum atomic E-state index is -0.0587. The van der Waals surface area contributed by atoms with Gasteiger partial charge in [-0.05, 0) is 18.2 Å². The predicted molar refractivity (Wildman–Crippen MR) is 60.9 cm³/mol. The highest BCUT2D eigenvalue weighted by atomic mass is 16.5. The molecule has 1 N–H and O–H groups in total. The fourth-order valence-electron chi connectivity index (χ4n) is 1.33. The van der Waals surface area contributed by atoms with Gasteiger partial charge in [0.15, 0.2) is 0 Å². The maximum absolute atomic E-state index is 9.18. The highest BCUT2D eigenvalue weighted by molar-refractivity contribution is 5.39. The Morgan fingerprint density at radius 2 is 2.00 bits per heavy atom. The molecular weight excluding hydrogens is 208 g/mol. The van der Waals surface area contributed by atoms with Crippen molar-refractivity contribution in [1.82, 2.24) is 0 Å². The van der Waals surface area contributed by atoms with Gasteiger partial charge in [-0.25, -0.2) is 0 Å². The molecule has 0 fully saturated rings. The van der Waals surface area contributed by atoms with Gasteiger partial charge >= 0.3 is 0 Å². The lowest BCUT2D eigenvalue weighted by Crippen LogP contribution is -2.03. The lowest BCUT2D eigenvalue weighted by Gasteiger charge is -2.11. The van der Waals surface area contributed by atoms with Crippen molar-refractivity contribution in [3.05, 3.63) is 23.8 Å². The number of methoxy groups -OCH3 is 2. The van der Waals surface area contributed by atoms with Crippen molar-refractivity contribution >= 4 is 0 Å². The van der Waals surface area contributed by atoms with E-state index < -0.39 is 0 Å². The highest BCUT2D eigenvalue weighted by Crippen LogP contribution is 2.24. The zero-order valence-electron chi connectivity index (χ0n) is 9.73. The van der Waals surface area contributed by atoms with Crippen LogP contribution in [0.3, 0.4) is 0 Å². The minimum Gasteiger partial charge on any atom is -0.497 e. The van der Waals surface area contributed by atoms with Crippen molar-refractivity contribution < 1.29 is 19.3 Å². The van der Waals surface area contributed by atoms with Crippen molar-refractivity contribution in [2.24, 2.45) is 0 Å². The van der Waals surface area contributed by atoms with E-state index in [4.69, 9.17) is 14.2 Å². The molecule has 0 bridgehead atoms. The fraction of sp³-hybridized carbons (Fsp3) is 0.500. The van der Waals surface area contributed by atoms with Gasteiger partial charge in [0.25, 0.3) is 0 Å². The number of rotatable bonds is 7. The summed E-state index contributed by atoms with van der Waals surface area (Å²) in [6, 6.07) is 5.38. The first kappa shape index (κ1) is 12.8. The fourth-order valence-corrected chi connectivity index (χ4v) is 1.33. The zero-order chi connectivity index (χ0) is 11.8. The Bertz CT molecular complexity index is 312. The monoisotopic (exact) mass is 226 g/mol. The summed E-state index contributed by atoms with van der Waals surface area (Å²) in [6.45, 7) is 1.19. The van der Waals surface area contributed by atoms with Crippen LogP contribution in [-0.4, -0.2) is 32.5 Å². The topological polar surface area (TPSA) is 47.9 Å². The molecule has 1 aromatic rings. The molecule has 0 unspecified atom stereocenters. The molecule has 0 aliphatic carbocycles. The van der Waals surface area contributed by atoms with E-state index in [9.17, 15) is 5.11 Å². The predicted octanol–water partition coefficient (Wildman–Crippen LogP) is 1.60. The molecule has 0 spiro atoms. The molecule has 0 atom stereocenters. The van der Waals surface area contributed by atoms with Gasteiger partial charge in [0.05, 0.1) is 20.3 Å². The lowest BCUT2D eigenvalue weighted by molar-refractivity contribution is 0.170. The van der Waals surface area contributed by atoms with E-state index in [1.165, 1.54) is 0 Å². The first-order chi connectivity index (χ1) is 7.81. The van der Waals surface area contributed by atoms with E-state index in [1.54, 1.807) is 26.4 Å². The third-order valence-corrected chi connectivity index (χ3v) is 2.19. The van der Waals surface area contributed by atoms with Crippen LogP contribution in [0.4, 0.5) is 0 Å². The largest absolute Gasteiger partial charge is 0.497 e. The SMILES string of the molecule is COCCCOc1ccc(OC)cc1CO. The summed E-state index contributed by atoms with van der Waals surface area (Å²) in [7, 11) is 3.25. The van der Waals surface area contributed by atoms with Gasteiger partial charge in [0.2, 0.25) is 0 Å². The van der Waals surface area contributed by atoms with Crippen LogP contribution in [0.2, 0.25) is 0 Å². The standard InChI is InChI=1S/C12H18O4/c1-14-6-3-7-16-12-5-4-11(15-2)8-10(12)9-13/h4-5,8,13H,3,6-7,9H2,1-2H3. The molecule has 4 heteroatoms. The van der Waals surface area contributed by atoms with Gasteiger partial charge in [-0.2, -0.15) is 0 Å². The minimum absolute atomic E-state index is 0.0587. The average molecular weight is 226 g/mol. The number of aliphatic hydroxyl groups excluding tert-OH is 1. The maximum atomic E-state index is 9.18. The first-order valence-corrected chi connectivity index (χ1v) is 5.21. The van der Waals surface area contributed by atoms with Crippen LogP contribution in [-0.2, 0) is 11.3 Å².